The van der Waals surface area contributed by atoms with Crippen LogP contribution in [0.15, 0.2) is 29.3 Å². The van der Waals surface area contributed by atoms with E-state index in [4.69, 9.17) is 0 Å². The van der Waals surface area contributed by atoms with Crippen molar-refractivity contribution in [2.24, 2.45) is 10.9 Å². The van der Waals surface area contributed by atoms with E-state index < -0.39 is 6.61 Å². The molecule has 1 fully saturated rings. The van der Waals surface area contributed by atoms with Gasteiger partial charge >= 0.3 is 6.61 Å². The second kappa shape index (κ2) is 12.8. The lowest BCUT2D eigenvalue weighted by atomic mass is 10.2. The van der Waals surface area contributed by atoms with Gasteiger partial charge in [0.25, 0.3) is 0 Å². The van der Waals surface area contributed by atoms with Gasteiger partial charge in [-0.05, 0) is 24.5 Å². The summed E-state index contributed by atoms with van der Waals surface area (Å²) >= 11 is 0. The van der Waals surface area contributed by atoms with Gasteiger partial charge in [0.1, 0.15) is 12.3 Å². The topological polar surface area (TPSA) is 69.2 Å². The van der Waals surface area contributed by atoms with E-state index in [1.54, 1.807) is 38.4 Å². The van der Waals surface area contributed by atoms with E-state index in [9.17, 15) is 13.6 Å². The maximum absolute atomic E-state index is 12.7. The molecular weight excluding hydrogens is 507 g/mol. The van der Waals surface area contributed by atoms with Gasteiger partial charge < -0.3 is 25.2 Å². The molecule has 1 unspecified atom stereocenters. The molecule has 1 aliphatic heterocycles. The molecule has 0 spiro atoms. The summed E-state index contributed by atoms with van der Waals surface area (Å²) in [7, 11) is 3.39. The van der Waals surface area contributed by atoms with Crippen LogP contribution in [0.4, 0.5) is 14.5 Å². The minimum absolute atomic E-state index is 0. The largest absolute Gasteiger partial charge is 0.433 e. The Morgan fingerprint density at radius 1 is 1.33 bits per heavy atom. The van der Waals surface area contributed by atoms with Crippen LogP contribution in [0.25, 0.3) is 0 Å². The van der Waals surface area contributed by atoms with Gasteiger partial charge in [-0.3, -0.25) is 4.79 Å². The molecular formula is C20H32F2IN5O2. The number of alkyl halides is 2. The van der Waals surface area contributed by atoms with E-state index >= 15 is 0 Å². The monoisotopic (exact) mass is 539 g/mol. The van der Waals surface area contributed by atoms with Crippen LogP contribution in [0.1, 0.15) is 20.3 Å². The Morgan fingerprint density at radius 3 is 2.67 bits per heavy atom. The molecule has 0 saturated carbocycles. The molecule has 170 valence electrons. The third-order valence-corrected chi connectivity index (χ3v) is 4.50. The summed E-state index contributed by atoms with van der Waals surface area (Å²) in [5, 5.41) is 6.62. The van der Waals surface area contributed by atoms with Crippen molar-refractivity contribution in [1.29, 1.82) is 0 Å². The first-order valence-corrected chi connectivity index (χ1v) is 9.80. The fourth-order valence-corrected chi connectivity index (χ4v) is 2.95. The van der Waals surface area contributed by atoms with Gasteiger partial charge in [-0.25, -0.2) is 4.99 Å². The molecule has 0 bridgehead atoms. The van der Waals surface area contributed by atoms with Crippen molar-refractivity contribution in [3.8, 4) is 5.75 Å². The van der Waals surface area contributed by atoms with Gasteiger partial charge in [0.15, 0.2) is 5.96 Å². The summed E-state index contributed by atoms with van der Waals surface area (Å²) in [5.74, 6) is 1.09. The summed E-state index contributed by atoms with van der Waals surface area (Å²) in [4.78, 5) is 19.8. The van der Waals surface area contributed by atoms with Crippen molar-refractivity contribution in [3.63, 3.8) is 0 Å². The van der Waals surface area contributed by atoms with Crippen molar-refractivity contribution in [1.82, 2.24) is 15.5 Å². The minimum atomic E-state index is -2.86. The number of benzene rings is 1. The van der Waals surface area contributed by atoms with Gasteiger partial charge in [0, 0.05) is 39.8 Å². The number of para-hydroxylation sites is 2. The molecule has 1 aliphatic rings. The zero-order chi connectivity index (χ0) is 21.4. The highest BCUT2D eigenvalue weighted by atomic mass is 127. The average Bonchev–Trinajstić information content (AvgIpc) is 3.11. The fourth-order valence-electron chi connectivity index (χ4n) is 2.95. The van der Waals surface area contributed by atoms with Gasteiger partial charge in [-0.15, -0.1) is 24.0 Å². The predicted molar refractivity (Wildman–Crippen MR) is 126 cm³/mol. The van der Waals surface area contributed by atoms with Gasteiger partial charge in [0.2, 0.25) is 5.91 Å². The zero-order valence-electron chi connectivity index (χ0n) is 17.9. The van der Waals surface area contributed by atoms with E-state index in [0.29, 0.717) is 30.7 Å². The first-order valence-electron chi connectivity index (χ1n) is 9.80. The Kier molecular flexibility index (Phi) is 11.1. The number of hydrogen-bond donors (Lipinski definition) is 2. The number of nitrogens with zero attached hydrogens (tertiary/aromatic N) is 3. The van der Waals surface area contributed by atoms with Crippen LogP contribution < -0.4 is 20.3 Å². The zero-order valence-corrected chi connectivity index (χ0v) is 20.2. The van der Waals surface area contributed by atoms with E-state index in [-0.39, 0.29) is 48.2 Å². The fraction of sp³-hybridized carbons (Fsp3) is 0.600. The van der Waals surface area contributed by atoms with Crippen LogP contribution in [0.5, 0.6) is 5.75 Å². The number of amides is 1. The van der Waals surface area contributed by atoms with Gasteiger partial charge in [-0.2, -0.15) is 8.78 Å². The number of rotatable bonds is 8. The van der Waals surface area contributed by atoms with Crippen LogP contribution in [-0.4, -0.2) is 69.7 Å². The number of ether oxygens (including phenoxy) is 1. The van der Waals surface area contributed by atoms with Crippen LogP contribution in [0, 0.1) is 5.92 Å². The van der Waals surface area contributed by atoms with Gasteiger partial charge in [0.05, 0.1) is 5.69 Å². The van der Waals surface area contributed by atoms with Crippen LogP contribution in [0.2, 0.25) is 0 Å². The van der Waals surface area contributed by atoms with Crippen molar-refractivity contribution >= 4 is 41.5 Å². The molecule has 0 radical (unpaired) electrons. The predicted octanol–water partition coefficient (Wildman–Crippen LogP) is 2.76. The standard InChI is InChI=1S/C20H31F2N5O2.HI/c1-14(2)11-23-20(24-12-18(28)26(3)4)25-15-9-10-27(13-15)16-7-5-6-8-17(16)29-19(21)22;/h5-8,14-15,19H,9-13H2,1-4H3,(H2,23,24,25);1H. The second-order valence-electron chi connectivity index (χ2n) is 7.65. The molecule has 1 heterocycles. The normalized spacial score (nSPS) is 16.5. The third kappa shape index (κ3) is 8.49. The first kappa shape index (κ1) is 26.2. The number of likely N-dealkylation sites (N-methyl/N-ethyl adjacent to an activating group) is 1. The summed E-state index contributed by atoms with van der Waals surface area (Å²) in [6, 6.07) is 6.88. The van der Waals surface area contributed by atoms with Crippen LogP contribution in [0.3, 0.4) is 0 Å². The molecule has 1 atom stereocenters. The van der Waals surface area contributed by atoms with Crippen molar-refractivity contribution < 1.29 is 18.3 Å². The summed E-state index contributed by atoms with van der Waals surface area (Å²) in [5.41, 5.74) is 0.647. The Balaban J connectivity index is 0.00000450. The molecule has 1 amide bonds. The average molecular weight is 539 g/mol. The number of aliphatic imine (C=N–C) groups is 1. The Hall–Kier alpha value is -1.85. The molecule has 0 aliphatic carbocycles. The number of hydrogen-bond acceptors (Lipinski definition) is 4. The van der Waals surface area contributed by atoms with Crippen molar-refractivity contribution in [2.75, 3.05) is 45.2 Å². The summed E-state index contributed by atoms with van der Waals surface area (Å²) in [6.07, 6.45) is 0.813. The highest BCUT2D eigenvalue weighted by Crippen LogP contribution is 2.31. The maximum Gasteiger partial charge on any atom is 0.387 e. The smallest absolute Gasteiger partial charge is 0.387 e. The molecule has 1 aromatic rings. The minimum Gasteiger partial charge on any atom is -0.433 e. The van der Waals surface area contributed by atoms with E-state index in [2.05, 4.69) is 34.2 Å². The number of carbonyl (C=O) groups excluding carboxylic acids is 1. The molecule has 0 aromatic heterocycles. The number of halogens is 3. The third-order valence-electron chi connectivity index (χ3n) is 4.50. The number of nitrogens with one attached hydrogen (secondary N) is 2. The molecule has 2 N–H and O–H groups in total. The highest BCUT2D eigenvalue weighted by molar-refractivity contribution is 14.0. The molecule has 1 aromatic carbocycles. The molecule has 10 heteroatoms. The maximum atomic E-state index is 12.7. The van der Waals surface area contributed by atoms with Crippen LogP contribution in [-0.2, 0) is 4.79 Å². The lowest BCUT2D eigenvalue weighted by Crippen LogP contribution is -2.46. The van der Waals surface area contributed by atoms with Crippen molar-refractivity contribution in [3.05, 3.63) is 24.3 Å². The van der Waals surface area contributed by atoms with E-state index in [0.717, 1.165) is 13.0 Å². The van der Waals surface area contributed by atoms with Crippen molar-refractivity contribution in [2.45, 2.75) is 32.9 Å². The summed E-state index contributed by atoms with van der Waals surface area (Å²) < 4.78 is 30.0. The van der Waals surface area contributed by atoms with E-state index in [1.165, 1.54) is 4.90 Å². The SMILES string of the molecule is CC(C)CNC(=NCC(=O)N(C)C)NC1CCN(c2ccccc2OC(F)F)C1.I. The highest BCUT2D eigenvalue weighted by Gasteiger charge is 2.26. The Morgan fingerprint density at radius 2 is 2.03 bits per heavy atom. The Labute approximate surface area is 194 Å². The number of guanidine groups is 1. The summed E-state index contributed by atoms with van der Waals surface area (Å²) in [6.45, 7) is 3.43. The van der Waals surface area contributed by atoms with Gasteiger partial charge in [-0.1, -0.05) is 26.0 Å². The number of anilines is 1. The number of carbonyl (C=O) groups is 1. The Bertz CT molecular complexity index is 704. The lowest BCUT2D eigenvalue weighted by molar-refractivity contribution is -0.127. The van der Waals surface area contributed by atoms with E-state index in [1.807, 2.05) is 4.90 Å². The quantitative estimate of drug-likeness (QED) is 0.302. The second-order valence-corrected chi connectivity index (χ2v) is 7.65. The lowest BCUT2D eigenvalue weighted by Gasteiger charge is -2.23. The first-order chi connectivity index (χ1) is 13.8. The molecule has 2 rings (SSSR count). The molecule has 30 heavy (non-hydrogen) atoms. The van der Waals surface area contributed by atoms with Crippen LogP contribution >= 0.6 is 24.0 Å². The molecule has 1 saturated heterocycles. The molecule has 7 nitrogen and oxygen atoms in total.